The molecular weight excluding hydrogens is 413 g/mol. The number of hydrogen-bond donors (Lipinski definition) is 2. The minimum absolute atomic E-state index is 0.182. The molecule has 0 radical (unpaired) electrons. The fourth-order valence-electron chi connectivity index (χ4n) is 3.80. The molecule has 3 rings (SSSR count). The van der Waals surface area contributed by atoms with Crippen molar-refractivity contribution in [2.75, 3.05) is 7.05 Å². The lowest BCUT2D eigenvalue weighted by atomic mass is 9.97. The Morgan fingerprint density at radius 1 is 1.00 bits per heavy atom. The van der Waals surface area contributed by atoms with E-state index in [0.29, 0.717) is 36.9 Å². The van der Waals surface area contributed by atoms with Gasteiger partial charge in [-0.2, -0.15) is 13.2 Å². The van der Waals surface area contributed by atoms with Crippen LogP contribution in [0.3, 0.4) is 0 Å². The maximum Gasteiger partial charge on any atom is 0.416 e. The van der Waals surface area contributed by atoms with Gasteiger partial charge in [-0.15, -0.1) is 0 Å². The first-order valence-corrected chi connectivity index (χ1v) is 11.5. The lowest BCUT2D eigenvalue weighted by molar-refractivity contribution is -0.137. The number of halogens is 3. The van der Waals surface area contributed by atoms with Crippen molar-refractivity contribution in [3.8, 4) is 0 Å². The standard InChI is InChI=1S/C22H27F3N2O2S/c1-14(2)30(28,29)27-21-11-18-5-4-15(8-19(18)12-21)6-16-7-17(13-26-3)10-20(9-16)22(23,24)25/h4-5,7-10,14,21,26-27H,6,11-13H2,1-3H3. The number of fused-ring (bicyclic) bond motifs is 1. The van der Waals surface area contributed by atoms with Gasteiger partial charge in [-0.3, -0.25) is 0 Å². The van der Waals surface area contributed by atoms with Gasteiger partial charge in [-0.1, -0.05) is 24.3 Å². The van der Waals surface area contributed by atoms with E-state index in [1.807, 2.05) is 18.2 Å². The second-order valence-corrected chi connectivity index (χ2v) is 10.4. The Morgan fingerprint density at radius 3 is 2.30 bits per heavy atom. The van der Waals surface area contributed by atoms with Gasteiger partial charge < -0.3 is 5.32 Å². The average Bonchev–Trinajstić information content (AvgIpc) is 3.01. The Kier molecular flexibility index (Phi) is 6.60. The van der Waals surface area contributed by atoms with Crippen LogP contribution in [-0.2, 0) is 42.0 Å². The summed E-state index contributed by atoms with van der Waals surface area (Å²) in [6, 6.07) is 9.83. The molecule has 1 aliphatic rings. The predicted octanol–water partition coefficient (Wildman–Crippen LogP) is 3.81. The van der Waals surface area contributed by atoms with Gasteiger partial charge in [0.15, 0.2) is 0 Å². The van der Waals surface area contributed by atoms with Crippen LogP contribution in [-0.4, -0.2) is 26.8 Å². The second-order valence-electron chi connectivity index (χ2n) is 8.16. The van der Waals surface area contributed by atoms with Crippen molar-refractivity contribution in [2.45, 2.75) is 57.1 Å². The fourth-order valence-corrected chi connectivity index (χ4v) is 4.71. The highest BCUT2D eigenvalue weighted by atomic mass is 32.2. The quantitative estimate of drug-likeness (QED) is 0.689. The van der Waals surface area contributed by atoms with Crippen LogP contribution in [0.15, 0.2) is 36.4 Å². The summed E-state index contributed by atoms with van der Waals surface area (Å²) in [6.07, 6.45) is -2.80. The fraction of sp³-hybridized carbons (Fsp3) is 0.455. The molecule has 1 aliphatic carbocycles. The van der Waals surface area contributed by atoms with Crippen molar-refractivity contribution < 1.29 is 21.6 Å². The van der Waals surface area contributed by atoms with Crippen LogP contribution in [0.2, 0.25) is 0 Å². The molecule has 0 spiro atoms. The Balaban J connectivity index is 1.79. The monoisotopic (exact) mass is 440 g/mol. The third-order valence-electron chi connectivity index (χ3n) is 5.32. The molecule has 2 N–H and O–H groups in total. The van der Waals surface area contributed by atoms with Crippen LogP contribution in [0.1, 0.15) is 47.2 Å². The topological polar surface area (TPSA) is 58.2 Å². The number of hydrogen-bond acceptors (Lipinski definition) is 3. The molecule has 30 heavy (non-hydrogen) atoms. The molecule has 0 saturated carbocycles. The van der Waals surface area contributed by atoms with Gasteiger partial charge in [0.2, 0.25) is 10.0 Å². The van der Waals surface area contributed by atoms with Crippen molar-refractivity contribution in [3.63, 3.8) is 0 Å². The summed E-state index contributed by atoms with van der Waals surface area (Å²) in [5.41, 5.74) is 3.59. The first-order valence-electron chi connectivity index (χ1n) is 9.94. The molecule has 2 aromatic rings. The minimum Gasteiger partial charge on any atom is -0.316 e. The Labute approximate surface area is 175 Å². The highest BCUT2D eigenvalue weighted by Gasteiger charge is 2.31. The van der Waals surface area contributed by atoms with Gasteiger partial charge in [0.1, 0.15) is 0 Å². The van der Waals surface area contributed by atoms with E-state index >= 15 is 0 Å². The molecule has 0 aliphatic heterocycles. The van der Waals surface area contributed by atoms with E-state index in [1.165, 1.54) is 12.1 Å². The van der Waals surface area contributed by atoms with Crippen LogP contribution in [0.4, 0.5) is 13.2 Å². The van der Waals surface area contributed by atoms with Gasteiger partial charge in [-0.25, -0.2) is 13.1 Å². The van der Waals surface area contributed by atoms with E-state index < -0.39 is 27.0 Å². The molecule has 8 heteroatoms. The summed E-state index contributed by atoms with van der Waals surface area (Å²) in [5.74, 6) is 0. The van der Waals surface area contributed by atoms with Gasteiger partial charge in [-0.05, 0) is 80.1 Å². The number of rotatable bonds is 7. The Morgan fingerprint density at radius 2 is 1.67 bits per heavy atom. The summed E-state index contributed by atoms with van der Waals surface area (Å²) in [6.45, 7) is 3.64. The molecule has 0 amide bonds. The Hall–Kier alpha value is -1.90. The molecule has 2 aromatic carbocycles. The van der Waals surface area contributed by atoms with Crippen molar-refractivity contribution in [2.24, 2.45) is 0 Å². The predicted molar refractivity (Wildman–Crippen MR) is 112 cm³/mol. The molecule has 4 nitrogen and oxygen atoms in total. The lowest BCUT2D eigenvalue weighted by Gasteiger charge is -2.14. The minimum atomic E-state index is -4.39. The van der Waals surface area contributed by atoms with Crippen LogP contribution in [0, 0.1) is 0 Å². The maximum atomic E-state index is 13.3. The van der Waals surface area contributed by atoms with Gasteiger partial charge >= 0.3 is 6.18 Å². The van der Waals surface area contributed by atoms with E-state index in [4.69, 9.17) is 0 Å². The molecular formula is C22H27F3N2O2S. The molecule has 1 unspecified atom stereocenters. The third kappa shape index (κ3) is 5.42. The number of sulfonamides is 1. The summed E-state index contributed by atoms with van der Waals surface area (Å²) in [5, 5.41) is 2.40. The smallest absolute Gasteiger partial charge is 0.316 e. The van der Waals surface area contributed by atoms with Crippen LogP contribution in [0.5, 0.6) is 0 Å². The van der Waals surface area contributed by atoms with Crippen molar-refractivity contribution in [3.05, 3.63) is 69.8 Å². The average molecular weight is 441 g/mol. The first kappa shape index (κ1) is 22.8. The normalized spacial score (nSPS) is 16.8. The highest BCUT2D eigenvalue weighted by Crippen LogP contribution is 2.32. The summed E-state index contributed by atoms with van der Waals surface area (Å²) in [7, 11) is -1.65. The van der Waals surface area contributed by atoms with Crippen molar-refractivity contribution >= 4 is 10.0 Å². The van der Waals surface area contributed by atoms with E-state index in [-0.39, 0.29) is 6.04 Å². The summed E-state index contributed by atoms with van der Waals surface area (Å²) >= 11 is 0. The van der Waals surface area contributed by atoms with Crippen molar-refractivity contribution in [1.29, 1.82) is 0 Å². The first-order chi connectivity index (χ1) is 14.0. The van der Waals surface area contributed by atoms with Crippen LogP contribution < -0.4 is 10.0 Å². The lowest BCUT2D eigenvalue weighted by Crippen LogP contribution is -2.39. The molecule has 0 aromatic heterocycles. The molecule has 164 valence electrons. The number of alkyl halides is 3. The maximum absolute atomic E-state index is 13.3. The summed E-state index contributed by atoms with van der Waals surface area (Å²) < 4.78 is 66.8. The zero-order valence-corrected chi connectivity index (χ0v) is 18.1. The van der Waals surface area contributed by atoms with E-state index in [2.05, 4.69) is 10.0 Å². The van der Waals surface area contributed by atoms with Crippen LogP contribution in [0.25, 0.3) is 0 Å². The molecule has 0 saturated heterocycles. The number of benzene rings is 2. The third-order valence-corrected chi connectivity index (χ3v) is 7.23. The van der Waals surface area contributed by atoms with E-state index in [9.17, 15) is 21.6 Å². The second kappa shape index (κ2) is 8.69. The van der Waals surface area contributed by atoms with Crippen LogP contribution >= 0.6 is 0 Å². The SMILES string of the molecule is CNCc1cc(Cc2ccc3c(c2)CC(NS(=O)(=O)C(C)C)C3)cc(C(F)(F)F)c1. The summed E-state index contributed by atoms with van der Waals surface area (Å²) in [4.78, 5) is 0. The largest absolute Gasteiger partial charge is 0.416 e. The molecule has 1 atom stereocenters. The molecule has 0 heterocycles. The Bertz CT molecular complexity index is 1020. The number of nitrogens with one attached hydrogen (secondary N) is 2. The zero-order chi connectivity index (χ0) is 22.1. The van der Waals surface area contributed by atoms with E-state index in [0.717, 1.165) is 16.7 Å². The van der Waals surface area contributed by atoms with Crippen molar-refractivity contribution in [1.82, 2.24) is 10.0 Å². The molecule has 0 bridgehead atoms. The van der Waals surface area contributed by atoms with Gasteiger partial charge in [0.25, 0.3) is 0 Å². The zero-order valence-electron chi connectivity index (χ0n) is 17.3. The van der Waals surface area contributed by atoms with Gasteiger partial charge in [0, 0.05) is 12.6 Å². The molecule has 0 fully saturated rings. The van der Waals surface area contributed by atoms with E-state index in [1.54, 1.807) is 27.0 Å². The highest BCUT2D eigenvalue weighted by molar-refractivity contribution is 7.90. The van der Waals surface area contributed by atoms with Gasteiger partial charge in [0.05, 0.1) is 10.8 Å².